The van der Waals surface area contributed by atoms with Crippen LogP contribution in [0.1, 0.15) is 0 Å². The van der Waals surface area contributed by atoms with Crippen molar-refractivity contribution in [1.29, 1.82) is 0 Å². The molecule has 0 aliphatic heterocycles. The van der Waals surface area contributed by atoms with E-state index in [0.717, 1.165) is 39.4 Å². The molecule has 57 heavy (non-hydrogen) atoms. The number of rotatable bonds is 5. The number of anilines is 3. The quantitative estimate of drug-likeness (QED) is 0.165. The van der Waals surface area contributed by atoms with Crippen molar-refractivity contribution in [1.82, 2.24) is 4.57 Å². The molecule has 0 spiro atoms. The first-order valence-corrected chi connectivity index (χ1v) is 19.6. The summed E-state index contributed by atoms with van der Waals surface area (Å²) in [5.74, 6) is 0. The molecule has 264 valence electrons. The Labute approximate surface area is 327 Å². The maximum absolute atomic E-state index is 6.91. The van der Waals surface area contributed by atoms with E-state index in [9.17, 15) is 0 Å². The number of aromatic nitrogens is 1. The minimum absolute atomic E-state index is 0.891. The van der Waals surface area contributed by atoms with E-state index >= 15 is 0 Å². The van der Waals surface area contributed by atoms with Crippen LogP contribution >= 0.6 is 0 Å². The number of nitrogens with zero attached hydrogens (tertiary/aromatic N) is 2. The van der Waals surface area contributed by atoms with E-state index in [1.54, 1.807) is 0 Å². The summed E-state index contributed by atoms with van der Waals surface area (Å²) in [6.07, 6.45) is 0. The number of furan rings is 1. The maximum atomic E-state index is 6.91. The Morgan fingerprint density at radius 3 is 1.86 bits per heavy atom. The van der Waals surface area contributed by atoms with Crippen molar-refractivity contribution < 1.29 is 4.42 Å². The summed E-state index contributed by atoms with van der Waals surface area (Å²) in [6, 6.07) is 70.7. The van der Waals surface area contributed by atoms with Crippen LogP contribution in [-0.2, 0) is 0 Å². The Morgan fingerprint density at radius 1 is 0.368 bits per heavy atom. The molecule has 1 aliphatic carbocycles. The van der Waals surface area contributed by atoms with E-state index in [4.69, 9.17) is 4.42 Å². The first-order valence-electron chi connectivity index (χ1n) is 19.6. The number of hydrogen-bond acceptors (Lipinski definition) is 2. The lowest BCUT2D eigenvalue weighted by molar-refractivity contribution is 0.669. The van der Waals surface area contributed by atoms with Crippen molar-refractivity contribution in [3.8, 4) is 27.9 Å². The lowest BCUT2D eigenvalue weighted by Gasteiger charge is -2.28. The molecule has 0 fully saturated rings. The summed E-state index contributed by atoms with van der Waals surface area (Å²) in [5, 5.41) is 12.3. The lowest BCUT2D eigenvalue weighted by atomic mass is 9.92. The predicted octanol–water partition coefficient (Wildman–Crippen LogP) is 15.3. The van der Waals surface area contributed by atoms with Crippen LogP contribution in [0, 0.1) is 0 Å². The average Bonchev–Trinajstić information content (AvgIpc) is 3.78. The predicted molar refractivity (Wildman–Crippen MR) is 240 cm³/mol. The number of fused-ring (bicyclic) bond motifs is 4. The van der Waals surface area contributed by atoms with Gasteiger partial charge < -0.3 is 13.9 Å². The van der Waals surface area contributed by atoms with Crippen LogP contribution < -0.4 is 4.90 Å². The Morgan fingerprint density at radius 2 is 1.02 bits per heavy atom. The normalized spacial score (nSPS) is 12.2. The summed E-state index contributed by atoms with van der Waals surface area (Å²) in [4.78, 5) is 2.44. The van der Waals surface area contributed by atoms with Gasteiger partial charge in [-0.05, 0) is 92.3 Å². The molecule has 3 heteroatoms. The molecule has 0 radical (unpaired) electrons. The van der Waals surface area contributed by atoms with E-state index in [0.29, 0.717) is 0 Å². The van der Waals surface area contributed by atoms with Crippen molar-refractivity contribution in [2.24, 2.45) is 0 Å². The summed E-state index contributed by atoms with van der Waals surface area (Å²) in [6.45, 7) is 0. The van der Waals surface area contributed by atoms with Crippen LogP contribution in [-0.4, -0.2) is 4.57 Å². The molecule has 0 saturated carbocycles. The van der Waals surface area contributed by atoms with E-state index < -0.39 is 0 Å². The van der Waals surface area contributed by atoms with E-state index in [-0.39, 0.29) is 0 Å². The third kappa shape index (κ3) is 4.26. The third-order valence-electron chi connectivity index (χ3n) is 12.3. The monoisotopic (exact) mass is 724 g/mol. The standard InChI is InChI=1S/C54H32N2O/c1-3-11-33(12-4-1)34-23-26-38(27-24-34)55(39-28-30-41-40-16-7-8-19-45(40)56(46(41)31-39)37-14-5-2-6-15-37)47-32-49-54-52-43(18-10-20-48(52)57-49)42-17-9-13-35-21-22-36-25-29-44(47)53(54)51(36)50(35)42/h1-32H. The average molecular weight is 725 g/mol. The molecule has 0 N–H and O–H groups in total. The number of benzene rings is 10. The molecular weight excluding hydrogens is 693 g/mol. The fourth-order valence-electron chi connectivity index (χ4n) is 9.83. The van der Waals surface area contributed by atoms with Gasteiger partial charge in [-0.1, -0.05) is 140 Å². The minimum atomic E-state index is 0.891. The van der Waals surface area contributed by atoms with Crippen molar-refractivity contribution >= 4 is 93.1 Å². The van der Waals surface area contributed by atoms with Gasteiger partial charge >= 0.3 is 0 Å². The van der Waals surface area contributed by atoms with Gasteiger partial charge in [-0.15, -0.1) is 0 Å². The van der Waals surface area contributed by atoms with Crippen molar-refractivity contribution in [3.63, 3.8) is 0 Å². The van der Waals surface area contributed by atoms with Gasteiger partial charge in [0.25, 0.3) is 0 Å². The van der Waals surface area contributed by atoms with Gasteiger partial charge in [-0.2, -0.15) is 0 Å². The van der Waals surface area contributed by atoms with Crippen molar-refractivity contribution in [2.45, 2.75) is 0 Å². The molecule has 3 nitrogen and oxygen atoms in total. The molecule has 12 aromatic rings. The highest BCUT2D eigenvalue weighted by molar-refractivity contribution is 6.39. The summed E-state index contributed by atoms with van der Waals surface area (Å²) < 4.78 is 9.31. The molecular formula is C54H32N2O. The van der Waals surface area contributed by atoms with E-state index in [2.05, 4.69) is 204 Å². The van der Waals surface area contributed by atoms with Crippen LogP contribution in [0.5, 0.6) is 0 Å². The van der Waals surface area contributed by atoms with Crippen molar-refractivity contribution in [3.05, 3.63) is 194 Å². The second-order valence-electron chi connectivity index (χ2n) is 15.2. The van der Waals surface area contributed by atoms with Gasteiger partial charge in [0.05, 0.1) is 16.7 Å². The zero-order chi connectivity index (χ0) is 37.2. The van der Waals surface area contributed by atoms with E-state index in [1.807, 2.05) is 0 Å². The Balaban J connectivity index is 1.16. The van der Waals surface area contributed by atoms with Crippen molar-refractivity contribution in [2.75, 3.05) is 4.90 Å². The van der Waals surface area contributed by atoms with Gasteiger partial charge in [0.1, 0.15) is 11.2 Å². The van der Waals surface area contributed by atoms with Gasteiger partial charge in [-0.25, -0.2) is 0 Å². The molecule has 0 bridgehead atoms. The van der Waals surface area contributed by atoms with Gasteiger partial charge in [0, 0.05) is 55.4 Å². The molecule has 0 unspecified atom stereocenters. The Hall–Kier alpha value is -7.62. The second-order valence-corrected chi connectivity index (χ2v) is 15.2. The minimum Gasteiger partial charge on any atom is -0.456 e. The molecule has 0 atom stereocenters. The molecule has 0 saturated heterocycles. The van der Waals surface area contributed by atoms with Gasteiger partial charge in [0.2, 0.25) is 0 Å². The van der Waals surface area contributed by atoms with Crippen LogP contribution in [0.25, 0.3) is 104 Å². The number of hydrogen-bond donors (Lipinski definition) is 0. The summed E-state index contributed by atoms with van der Waals surface area (Å²) >= 11 is 0. The molecule has 1 aliphatic rings. The van der Waals surface area contributed by atoms with E-state index in [1.165, 1.54) is 81.6 Å². The summed E-state index contributed by atoms with van der Waals surface area (Å²) in [7, 11) is 0. The highest BCUT2D eigenvalue weighted by atomic mass is 16.3. The Bertz CT molecular complexity index is 3610. The first kappa shape index (κ1) is 30.7. The zero-order valence-corrected chi connectivity index (χ0v) is 30.8. The molecule has 0 amide bonds. The SMILES string of the molecule is c1ccc(-c2ccc(N(c3ccc4c5ccccc5n(-c5ccccc5)c4c3)c3cc4oc5cccc6c5c4c4c3ccc3ccc5cccc-6c5c34)cc2)cc1. The van der Waals surface area contributed by atoms with Crippen LogP contribution in [0.4, 0.5) is 17.1 Å². The fourth-order valence-corrected chi connectivity index (χ4v) is 9.83. The van der Waals surface area contributed by atoms with Gasteiger partial charge in [0.15, 0.2) is 0 Å². The van der Waals surface area contributed by atoms with Gasteiger partial charge in [-0.3, -0.25) is 0 Å². The highest BCUT2D eigenvalue weighted by Gasteiger charge is 2.27. The molecule has 2 aromatic heterocycles. The highest BCUT2D eigenvalue weighted by Crippen LogP contribution is 2.53. The van der Waals surface area contributed by atoms with Crippen LogP contribution in [0.3, 0.4) is 0 Å². The second kappa shape index (κ2) is 11.5. The Kier molecular flexibility index (Phi) is 6.16. The lowest BCUT2D eigenvalue weighted by Crippen LogP contribution is -2.11. The fraction of sp³-hybridized carbons (Fsp3) is 0. The first-order chi connectivity index (χ1) is 28.3. The maximum Gasteiger partial charge on any atom is 0.138 e. The topological polar surface area (TPSA) is 21.3 Å². The summed E-state index contributed by atoms with van der Waals surface area (Å²) in [5.41, 5.74) is 13.4. The zero-order valence-electron chi connectivity index (χ0n) is 30.8. The molecule has 2 heterocycles. The van der Waals surface area contributed by atoms with Crippen LogP contribution in [0.2, 0.25) is 0 Å². The largest absolute Gasteiger partial charge is 0.456 e. The molecule has 13 rings (SSSR count). The smallest absolute Gasteiger partial charge is 0.138 e. The molecule has 10 aromatic carbocycles. The van der Waals surface area contributed by atoms with Crippen LogP contribution in [0.15, 0.2) is 199 Å². The number of para-hydroxylation sites is 2. The third-order valence-corrected chi connectivity index (χ3v) is 12.3.